The molecule has 0 aliphatic heterocycles. The normalized spacial score (nSPS) is 20.9. The van der Waals surface area contributed by atoms with Gasteiger partial charge in [-0.3, -0.25) is 4.79 Å². The van der Waals surface area contributed by atoms with Crippen molar-refractivity contribution in [2.24, 2.45) is 11.3 Å². The van der Waals surface area contributed by atoms with Crippen LogP contribution in [0.3, 0.4) is 0 Å². The average molecular weight is 713 g/mol. The number of benzene rings is 4. The van der Waals surface area contributed by atoms with Crippen LogP contribution in [0, 0.1) is 11.3 Å². The molecule has 5 aromatic rings. The molecule has 7 rings (SSSR count). The fourth-order valence-electron chi connectivity index (χ4n) is 9.55. The van der Waals surface area contributed by atoms with Gasteiger partial charge in [-0.05, 0) is 121 Å². The minimum absolute atomic E-state index is 0.0651. The molecule has 278 valence electrons. The number of hydrogen-bond acceptors (Lipinski definition) is 5. The second kappa shape index (κ2) is 15.4. The number of nitrogens with zero attached hydrogens (tertiary/aromatic N) is 2. The Hall–Kier alpha value is -4.58. The smallest absolute Gasteiger partial charge is 0.305 e. The second-order valence-corrected chi connectivity index (χ2v) is 16.0. The van der Waals surface area contributed by atoms with Crippen molar-refractivity contribution in [1.29, 1.82) is 0 Å². The highest BCUT2D eigenvalue weighted by Crippen LogP contribution is 2.58. The highest BCUT2D eigenvalue weighted by Gasteiger charge is 2.52. The number of imidazole rings is 1. The van der Waals surface area contributed by atoms with Gasteiger partial charge in [-0.2, -0.15) is 0 Å². The number of aryl methyl sites for hydroxylation is 1. The number of aromatic nitrogens is 2. The predicted molar refractivity (Wildman–Crippen MR) is 215 cm³/mol. The van der Waals surface area contributed by atoms with Gasteiger partial charge in [0.1, 0.15) is 17.3 Å². The van der Waals surface area contributed by atoms with E-state index in [2.05, 4.69) is 105 Å². The number of fused-ring (bicyclic) bond motifs is 4. The first-order valence-corrected chi connectivity index (χ1v) is 19.9. The highest BCUT2D eigenvalue weighted by molar-refractivity contribution is 5.86. The van der Waals surface area contributed by atoms with Gasteiger partial charge in [-0.1, -0.05) is 88.7 Å². The van der Waals surface area contributed by atoms with Crippen LogP contribution in [-0.2, 0) is 27.9 Å². The molecular weight excluding hydrogens is 657 g/mol. The number of rotatable bonds is 13. The van der Waals surface area contributed by atoms with Crippen LogP contribution in [0.25, 0.3) is 33.5 Å². The molecule has 53 heavy (non-hydrogen) atoms. The van der Waals surface area contributed by atoms with Crippen molar-refractivity contribution in [3.05, 3.63) is 102 Å². The fourth-order valence-corrected chi connectivity index (χ4v) is 9.55. The van der Waals surface area contributed by atoms with Gasteiger partial charge in [0.05, 0.1) is 36.4 Å². The van der Waals surface area contributed by atoms with Gasteiger partial charge < -0.3 is 18.8 Å². The van der Waals surface area contributed by atoms with Crippen LogP contribution in [0.15, 0.2) is 84.9 Å². The van der Waals surface area contributed by atoms with E-state index in [1.54, 1.807) is 11.1 Å². The lowest BCUT2D eigenvalue weighted by Gasteiger charge is -2.56. The monoisotopic (exact) mass is 712 g/mol. The van der Waals surface area contributed by atoms with Gasteiger partial charge in [0, 0.05) is 19.0 Å². The van der Waals surface area contributed by atoms with Crippen LogP contribution in [-0.4, -0.2) is 35.3 Å². The summed E-state index contributed by atoms with van der Waals surface area (Å²) in [6.07, 6.45) is 6.89. The van der Waals surface area contributed by atoms with Crippen molar-refractivity contribution < 1.29 is 19.0 Å². The largest absolute Gasteiger partial charge is 0.493 e. The Morgan fingerprint density at radius 3 is 2.51 bits per heavy atom. The van der Waals surface area contributed by atoms with Crippen molar-refractivity contribution in [2.45, 2.75) is 104 Å². The third-order valence-corrected chi connectivity index (χ3v) is 12.1. The first-order valence-electron chi connectivity index (χ1n) is 19.9. The van der Waals surface area contributed by atoms with Crippen molar-refractivity contribution >= 4 is 17.0 Å². The lowest BCUT2D eigenvalue weighted by molar-refractivity contribution is -0.143. The minimum atomic E-state index is -0.194. The zero-order chi connectivity index (χ0) is 37.2. The Kier molecular flexibility index (Phi) is 10.7. The minimum Gasteiger partial charge on any atom is -0.493 e. The molecule has 0 radical (unpaired) electrons. The van der Waals surface area contributed by atoms with E-state index in [0.717, 1.165) is 46.7 Å². The summed E-state index contributed by atoms with van der Waals surface area (Å²) in [5, 5.41) is 0. The summed E-state index contributed by atoms with van der Waals surface area (Å²) in [6.45, 7) is 15.8. The molecular formula is C47H56N2O4. The van der Waals surface area contributed by atoms with Crippen LogP contribution in [0.5, 0.6) is 11.5 Å². The molecule has 1 fully saturated rings. The number of hydrogen-bond donors (Lipinski definition) is 0. The van der Waals surface area contributed by atoms with E-state index in [4.69, 9.17) is 19.2 Å². The van der Waals surface area contributed by atoms with Crippen molar-refractivity contribution in [1.82, 2.24) is 9.55 Å². The first kappa shape index (κ1) is 36.8. The molecule has 4 aromatic carbocycles. The zero-order valence-electron chi connectivity index (χ0n) is 32.5. The first-order chi connectivity index (χ1) is 25.6. The summed E-state index contributed by atoms with van der Waals surface area (Å²) in [7, 11) is 0. The maximum atomic E-state index is 11.8. The maximum absolute atomic E-state index is 11.8. The number of esters is 1. The number of carbonyl (C=O) groups is 1. The van der Waals surface area contributed by atoms with Crippen LogP contribution < -0.4 is 9.47 Å². The topological polar surface area (TPSA) is 62.6 Å². The molecule has 3 atom stereocenters. The molecule has 2 aliphatic carbocycles. The molecule has 0 bridgehead atoms. The fraction of sp³-hybridized carbons (Fsp3) is 0.447. The molecule has 2 aliphatic rings. The molecule has 1 heterocycles. The lowest BCUT2D eigenvalue weighted by Crippen LogP contribution is -2.50. The van der Waals surface area contributed by atoms with Gasteiger partial charge in [-0.25, -0.2) is 4.98 Å². The second-order valence-electron chi connectivity index (χ2n) is 16.0. The summed E-state index contributed by atoms with van der Waals surface area (Å²) in [5.74, 6) is 3.28. The van der Waals surface area contributed by atoms with E-state index in [-0.39, 0.29) is 16.8 Å². The summed E-state index contributed by atoms with van der Waals surface area (Å²) >= 11 is 0. The molecule has 6 heteroatoms. The van der Waals surface area contributed by atoms with Crippen LogP contribution in [0.2, 0.25) is 0 Å². The van der Waals surface area contributed by atoms with Crippen molar-refractivity contribution in [3.63, 3.8) is 0 Å². The van der Waals surface area contributed by atoms with Gasteiger partial charge in [0.25, 0.3) is 0 Å². The molecule has 0 unspecified atom stereocenters. The molecule has 0 saturated heterocycles. The molecule has 0 amide bonds. The summed E-state index contributed by atoms with van der Waals surface area (Å²) in [5.41, 5.74) is 10.2. The SMILES string of the molecule is CCOC(=O)CCCOc1ccc(-c2nc3cc(-c4ccccc4)ccc3n2C[C@@]2(C)CCC[C@]3(C)c4ccc(C(C)C)cc4CC[C@@H]23)c(OCC)c1. The maximum Gasteiger partial charge on any atom is 0.305 e. The Morgan fingerprint density at radius 2 is 1.74 bits per heavy atom. The van der Waals surface area contributed by atoms with E-state index in [1.807, 2.05) is 26.0 Å². The summed E-state index contributed by atoms with van der Waals surface area (Å²) < 4.78 is 20.0. The predicted octanol–water partition coefficient (Wildman–Crippen LogP) is 11.3. The van der Waals surface area contributed by atoms with Crippen LogP contribution in [0.1, 0.15) is 103 Å². The van der Waals surface area contributed by atoms with E-state index in [1.165, 1.54) is 36.8 Å². The van der Waals surface area contributed by atoms with Crippen LogP contribution in [0.4, 0.5) is 0 Å². The van der Waals surface area contributed by atoms with Gasteiger partial charge in [-0.15, -0.1) is 0 Å². The van der Waals surface area contributed by atoms with Crippen LogP contribution >= 0.6 is 0 Å². The zero-order valence-corrected chi connectivity index (χ0v) is 32.5. The van der Waals surface area contributed by atoms with E-state index >= 15 is 0 Å². The number of carbonyl (C=O) groups excluding carboxylic acids is 1. The Balaban J connectivity index is 1.27. The van der Waals surface area contributed by atoms with Crippen molar-refractivity contribution in [2.75, 3.05) is 19.8 Å². The van der Waals surface area contributed by atoms with Gasteiger partial charge in [0.2, 0.25) is 0 Å². The highest BCUT2D eigenvalue weighted by atomic mass is 16.5. The standard InChI is InChI=1S/C47H56N2O4/c1-7-51-42-30-37(53-27-12-16-44(50)52-8-2)20-21-38(42)45-48-40-29-35(33-14-10-9-11-15-33)18-23-41(40)49(45)31-46(5)25-13-26-47(6)39-22-17-34(32(3)4)28-36(39)19-24-43(46)47/h9-11,14-15,17-18,20-23,28-30,32,43H,7-8,12-13,16,19,24-27,31H2,1-6H3/t43-,46+,47+/m0/s1. The van der Waals surface area contributed by atoms with Crippen molar-refractivity contribution in [3.8, 4) is 34.0 Å². The molecule has 0 spiro atoms. The third kappa shape index (κ3) is 7.34. The van der Waals surface area contributed by atoms with E-state index in [9.17, 15) is 4.79 Å². The van der Waals surface area contributed by atoms with E-state index < -0.39 is 0 Å². The summed E-state index contributed by atoms with van der Waals surface area (Å²) in [4.78, 5) is 17.3. The Labute approximate surface area is 315 Å². The van der Waals surface area contributed by atoms with Gasteiger partial charge >= 0.3 is 5.97 Å². The quantitative estimate of drug-likeness (QED) is 0.0898. The molecule has 6 nitrogen and oxygen atoms in total. The summed E-state index contributed by atoms with van der Waals surface area (Å²) in [6, 6.07) is 30.7. The molecule has 1 aromatic heterocycles. The van der Waals surface area contributed by atoms with Gasteiger partial charge in [0.15, 0.2) is 0 Å². The Bertz CT molecular complexity index is 2070. The molecule has 1 saturated carbocycles. The Morgan fingerprint density at radius 1 is 0.906 bits per heavy atom. The number of ether oxygens (including phenoxy) is 3. The molecule has 0 N–H and O–H groups in total. The van der Waals surface area contributed by atoms with E-state index in [0.29, 0.717) is 50.2 Å². The lowest BCUT2D eigenvalue weighted by atomic mass is 9.49. The average Bonchev–Trinajstić information content (AvgIpc) is 3.50. The third-order valence-electron chi connectivity index (χ3n) is 12.1.